The molecule has 0 fully saturated rings. The van der Waals surface area contributed by atoms with Gasteiger partial charge in [0.15, 0.2) is 0 Å². The fourth-order valence-corrected chi connectivity index (χ4v) is 2.59. The predicted octanol–water partition coefficient (Wildman–Crippen LogP) is 4.52. The highest BCUT2D eigenvalue weighted by molar-refractivity contribution is 6.30. The molecule has 0 aliphatic heterocycles. The lowest BCUT2D eigenvalue weighted by molar-refractivity contribution is -0.121. The van der Waals surface area contributed by atoms with Crippen LogP contribution in [0.3, 0.4) is 0 Å². The molecule has 0 unspecified atom stereocenters. The lowest BCUT2D eigenvalue weighted by Crippen LogP contribution is -2.36. The Morgan fingerprint density at radius 1 is 0.957 bits per heavy atom. The summed E-state index contributed by atoms with van der Waals surface area (Å²) in [5.74, 6) is -0.0543. The molecule has 2 aromatic rings. The lowest BCUT2D eigenvalue weighted by atomic mass is 10.1. The molecule has 0 bridgehead atoms. The van der Waals surface area contributed by atoms with Crippen LogP contribution < -0.4 is 10.6 Å². The van der Waals surface area contributed by atoms with E-state index in [1.807, 2.05) is 62.4 Å². The normalized spacial score (nSPS) is 13.4. The molecule has 2 atom stereocenters. The molecule has 0 saturated heterocycles. The van der Waals surface area contributed by atoms with Gasteiger partial charge in [0.25, 0.3) is 0 Å². The Hall–Kier alpha value is -1.55. The summed E-state index contributed by atoms with van der Waals surface area (Å²) in [4.78, 5) is 12.1. The van der Waals surface area contributed by atoms with Crippen LogP contribution in [-0.2, 0) is 4.79 Å². The fourth-order valence-electron chi connectivity index (χ4n) is 2.27. The number of benzene rings is 2. The summed E-state index contributed by atoms with van der Waals surface area (Å²) >= 11 is 11.9. The van der Waals surface area contributed by atoms with Crippen molar-refractivity contribution in [1.82, 2.24) is 10.6 Å². The van der Waals surface area contributed by atoms with Crippen molar-refractivity contribution in [3.05, 3.63) is 69.7 Å². The second-order valence-electron chi connectivity index (χ2n) is 5.50. The van der Waals surface area contributed by atoms with Crippen molar-refractivity contribution < 1.29 is 4.79 Å². The summed E-state index contributed by atoms with van der Waals surface area (Å²) in [5, 5.41) is 7.54. The third kappa shape index (κ3) is 5.54. The molecule has 2 rings (SSSR count). The van der Waals surface area contributed by atoms with E-state index in [1.54, 1.807) is 0 Å². The molecule has 2 N–H and O–H groups in total. The van der Waals surface area contributed by atoms with E-state index in [4.69, 9.17) is 23.2 Å². The van der Waals surface area contributed by atoms with Gasteiger partial charge in [-0.05, 0) is 49.2 Å². The van der Waals surface area contributed by atoms with Gasteiger partial charge >= 0.3 is 0 Å². The molecule has 1 amide bonds. The Labute approximate surface area is 147 Å². The Morgan fingerprint density at radius 3 is 2.30 bits per heavy atom. The number of hydrogen-bond acceptors (Lipinski definition) is 2. The van der Waals surface area contributed by atoms with Crippen LogP contribution in [0.25, 0.3) is 0 Å². The zero-order valence-electron chi connectivity index (χ0n) is 13.1. The molecule has 23 heavy (non-hydrogen) atoms. The molecule has 0 spiro atoms. The van der Waals surface area contributed by atoms with E-state index < -0.39 is 0 Å². The van der Waals surface area contributed by atoms with Gasteiger partial charge < -0.3 is 10.6 Å². The van der Waals surface area contributed by atoms with Crippen molar-refractivity contribution in [2.45, 2.75) is 25.9 Å². The number of rotatable bonds is 6. The van der Waals surface area contributed by atoms with Crippen LogP contribution in [0.4, 0.5) is 0 Å². The van der Waals surface area contributed by atoms with Crippen LogP contribution in [-0.4, -0.2) is 12.5 Å². The molecule has 0 aromatic heterocycles. The largest absolute Gasteiger partial charge is 0.348 e. The summed E-state index contributed by atoms with van der Waals surface area (Å²) < 4.78 is 0. The number of nitrogens with one attached hydrogen (secondary N) is 2. The average molecular weight is 351 g/mol. The minimum absolute atomic E-state index is 0.0466. The smallest absolute Gasteiger partial charge is 0.234 e. The van der Waals surface area contributed by atoms with Gasteiger partial charge in [0, 0.05) is 16.1 Å². The number of hydrogen-bond donors (Lipinski definition) is 2. The first kappa shape index (κ1) is 17.8. The quantitative estimate of drug-likeness (QED) is 0.803. The standard InChI is InChI=1S/C18H20Cl2N2O/c1-12(15-4-3-5-17(20)10-15)21-11-18(23)22-13(2)14-6-8-16(19)9-7-14/h3-10,12-13,21H,11H2,1-2H3,(H,22,23)/t12-,13+/m1/s1. The van der Waals surface area contributed by atoms with Crippen molar-refractivity contribution in [3.63, 3.8) is 0 Å². The highest BCUT2D eigenvalue weighted by Gasteiger charge is 2.11. The maximum atomic E-state index is 12.1. The molecule has 0 aliphatic rings. The summed E-state index contributed by atoms with van der Waals surface area (Å²) in [6.07, 6.45) is 0. The predicted molar refractivity (Wildman–Crippen MR) is 95.9 cm³/mol. The van der Waals surface area contributed by atoms with Gasteiger partial charge in [0.1, 0.15) is 0 Å². The van der Waals surface area contributed by atoms with Crippen molar-refractivity contribution in [3.8, 4) is 0 Å². The zero-order valence-corrected chi connectivity index (χ0v) is 14.7. The summed E-state index contributed by atoms with van der Waals surface area (Å²) in [6, 6.07) is 15.1. The number of carbonyl (C=O) groups excluding carboxylic acids is 1. The molecule has 0 heterocycles. The first-order chi connectivity index (χ1) is 11.0. The minimum atomic E-state index is -0.0666. The van der Waals surface area contributed by atoms with Crippen LogP contribution in [0, 0.1) is 0 Å². The van der Waals surface area contributed by atoms with Crippen LogP contribution in [0.2, 0.25) is 10.0 Å². The van der Waals surface area contributed by atoms with E-state index in [1.165, 1.54) is 0 Å². The fraction of sp³-hybridized carbons (Fsp3) is 0.278. The SMILES string of the molecule is C[C@H](NC(=O)CN[C@H](C)c1cccc(Cl)c1)c1ccc(Cl)cc1. The molecule has 0 saturated carbocycles. The molecule has 3 nitrogen and oxygen atoms in total. The summed E-state index contributed by atoms with van der Waals surface area (Å²) in [7, 11) is 0. The Balaban J connectivity index is 1.83. The molecule has 0 radical (unpaired) electrons. The van der Waals surface area contributed by atoms with Crippen molar-refractivity contribution >= 4 is 29.1 Å². The van der Waals surface area contributed by atoms with Crippen molar-refractivity contribution in [2.24, 2.45) is 0 Å². The molecular weight excluding hydrogens is 331 g/mol. The Bertz CT molecular complexity index is 658. The molecule has 122 valence electrons. The second-order valence-corrected chi connectivity index (χ2v) is 6.37. The van der Waals surface area contributed by atoms with Gasteiger partial charge in [-0.2, -0.15) is 0 Å². The number of amides is 1. The van der Waals surface area contributed by atoms with Gasteiger partial charge in [-0.1, -0.05) is 47.5 Å². The maximum absolute atomic E-state index is 12.1. The van der Waals surface area contributed by atoms with Crippen LogP contribution in [0.15, 0.2) is 48.5 Å². The second kappa shape index (κ2) is 8.34. The van der Waals surface area contributed by atoms with E-state index in [-0.39, 0.29) is 24.5 Å². The highest BCUT2D eigenvalue weighted by Crippen LogP contribution is 2.18. The summed E-state index contributed by atoms with van der Waals surface area (Å²) in [5.41, 5.74) is 2.07. The van der Waals surface area contributed by atoms with E-state index in [0.717, 1.165) is 11.1 Å². The maximum Gasteiger partial charge on any atom is 0.234 e. The van der Waals surface area contributed by atoms with E-state index in [0.29, 0.717) is 10.0 Å². The van der Waals surface area contributed by atoms with Crippen LogP contribution in [0.5, 0.6) is 0 Å². The van der Waals surface area contributed by atoms with Gasteiger partial charge in [-0.15, -0.1) is 0 Å². The van der Waals surface area contributed by atoms with Gasteiger partial charge in [-0.3, -0.25) is 4.79 Å². The first-order valence-electron chi connectivity index (χ1n) is 7.49. The Morgan fingerprint density at radius 2 is 1.65 bits per heavy atom. The Kier molecular flexibility index (Phi) is 6.46. The van der Waals surface area contributed by atoms with E-state index in [9.17, 15) is 4.79 Å². The van der Waals surface area contributed by atoms with Crippen molar-refractivity contribution in [2.75, 3.05) is 6.54 Å². The highest BCUT2D eigenvalue weighted by atomic mass is 35.5. The third-order valence-corrected chi connectivity index (χ3v) is 4.15. The molecular formula is C18H20Cl2N2O. The van der Waals surface area contributed by atoms with Gasteiger partial charge in [-0.25, -0.2) is 0 Å². The van der Waals surface area contributed by atoms with E-state index >= 15 is 0 Å². The van der Waals surface area contributed by atoms with Crippen LogP contribution >= 0.6 is 23.2 Å². The van der Waals surface area contributed by atoms with Gasteiger partial charge in [0.2, 0.25) is 5.91 Å². The summed E-state index contributed by atoms with van der Waals surface area (Å²) in [6.45, 7) is 4.19. The average Bonchev–Trinajstić information content (AvgIpc) is 2.53. The molecule has 5 heteroatoms. The zero-order chi connectivity index (χ0) is 16.8. The third-order valence-electron chi connectivity index (χ3n) is 3.66. The minimum Gasteiger partial charge on any atom is -0.348 e. The lowest BCUT2D eigenvalue weighted by Gasteiger charge is -2.17. The number of halogens is 2. The molecule has 2 aromatic carbocycles. The monoisotopic (exact) mass is 350 g/mol. The van der Waals surface area contributed by atoms with E-state index in [2.05, 4.69) is 10.6 Å². The van der Waals surface area contributed by atoms with Crippen molar-refractivity contribution in [1.29, 1.82) is 0 Å². The molecule has 0 aliphatic carbocycles. The topological polar surface area (TPSA) is 41.1 Å². The first-order valence-corrected chi connectivity index (χ1v) is 8.25. The van der Waals surface area contributed by atoms with Crippen LogP contribution in [0.1, 0.15) is 37.1 Å². The number of carbonyl (C=O) groups is 1. The van der Waals surface area contributed by atoms with Gasteiger partial charge in [0.05, 0.1) is 12.6 Å².